The molecule has 138 valence electrons. The lowest BCUT2D eigenvalue weighted by atomic mass is 9.87. The lowest BCUT2D eigenvalue weighted by molar-refractivity contribution is -0.123. The molecule has 0 fully saturated rings. The van der Waals surface area contributed by atoms with E-state index in [0.29, 0.717) is 11.5 Å². The highest BCUT2D eigenvalue weighted by Gasteiger charge is 2.15. The quantitative estimate of drug-likeness (QED) is 0.562. The molecule has 26 heavy (non-hydrogen) atoms. The fraction of sp³-hybridized carbons (Fsp3) is 0.300. The molecule has 0 saturated heterocycles. The molecule has 0 radical (unpaired) electrons. The zero-order chi connectivity index (χ0) is 19.2. The number of benzene rings is 2. The molecule has 2 aromatic rings. The fourth-order valence-corrected chi connectivity index (χ4v) is 2.70. The van der Waals surface area contributed by atoms with Gasteiger partial charge in [0.05, 0.1) is 17.8 Å². The maximum absolute atomic E-state index is 11.9. The number of rotatable bonds is 6. The number of hydrazone groups is 1. The molecule has 2 rings (SSSR count). The highest BCUT2D eigenvalue weighted by molar-refractivity contribution is 9.10. The average Bonchev–Trinajstić information content (AvgIpc) is 2.60. The Bertz CT molecular complexity index is 798. The summed E-state index contributed by atoms with van der Waals surface area (Å²) in [6.45, 7) is 6.30. The fourth-order valence-electron chi connectivity index (χ4n) is 2.21. The van der Waals surface area contributed by atoms with Crippen LogP contribution in [0.3, 0.4) is 0 Å². The van der Waals surface area contributed by atoms with Crippen LogP contribution >= 0.6 is 15.9 Å². The van der Waals surface area contributed by atoms with E-state index in [1.54, 1.807) is 7.11 Å². The van der Waals surface area contributed by atoms with Crippen LogP contribution in [-0.2, 0) is 10.2 Å². The summed E-state index contributed by atoms with van der Waals surface area (Å²) >= 11 is 3.49. The van der Waals surface area contributed by atoms with Gasteiger partial charge in [0, 0.05) is 5.56 Å². The minimum absolute atomic E-state index is 0.0473. The van der Waals surface area contributed by atoms with Crippen molar-refractivity contribution in [1.29, 1.82) is 0 Å². The molecule has 1 amide bonds. The zero-order valence-electron chi connectivity index (χ0n) is 15.4. The van der Waals surface area contributed by atoms with Crippen molar-refractivity contribution in [1.82, 2.24) is 5.43 Å². The molecule has 2 aromatic carbocycles. The summed E-state index contributed by atoms with van der Waals surface area (Å²) in [4.78, 5) is 11.9. The molecule has 0 spiro atoms. The van der Waals surface area contributed by atoms with Gasteiger partial charge in [-0.15, -0.1) is 0 Å². The number of carbonyl (C=O) groups excluding carboxylic acids is 1. The maximum Gasteiger partial charge on any atom is 0.277 e. The summed E-state index contributed by atoms with van der Waals surface area (Å²) < 4.78 is 11.6. The van der Waals surface area contributed by atoms with Gasteiger partial charge in [-0.2, -0.15) is 5.10 Å². The van der Waals surface area contributed by atoms with Crippen molar-refractivity contribution in [3.63, 3.8) is 0 Å². The number of para-hydroxylation sites is 1. The van der Waals surface area contributed by atoms with Crippen LogP contribution in [-0.4, -0.2) is 25.8 Å². The summed E-state index contributed by atoms with van der Waals surface area (Å²) in [5, 5.41) is 3.94. The number of amides is 1. The number of hydrogen-bond acceptors (Lipinski definition) is 4. The minimum Gasteiger partial charge on any atom is -0.496 e. The smallest absolute Gasteiger partial charge is 0.277 e. The topological polar surface area (TPSA) is 59.9 Å². The van der Waals surface area contributed by atoms with E-state index in [1.165, 1.54) is 11.8 Å². The first kappa shape index (κ1) is 20.0. The minimum atomic E-state index is -0.344. The van der Waals surface area contributed by atoms with Gasteiger partial charge in [0.15, 0.2) is 6.61 Å². The summed E-state index contributed by atoms with van der Waals surface area (Å²) in [5.74, 6) is 0.953. The summed E-state index contributed by atoms with van der Waals surface area (Å²) in [7, 11) is 1.59. The lowest BCUT2D eigenvalue weighted by Gasteiger charge is -2.20. The van der Waals surface area contributed by atoms with Crippen LogP contribution in [0.25, 0.3) is 0 Å². The second-order valence-electron chi connectivity index (χ2n) is 6.72. The van der Waals surface area contributed by atoms with Crippen LogP contribution in [0.5, 0.6) is 11.5 Å². The van der Waals surface area contributed by atoms with Crippen molar-refractivity contribution in [3.05, 3.63) is 58.1 Å². The van der Waals surface area contributed by atoms with Gasteiger partial charge in [0.2, 0.25) is 0 Å². The van der Waals surface area contributed by atoms with Gasteiger partial charge in [0.1, 0.15) is 11.5 Å². The van der Waals surface area contributed by atoms with E-state index in [9.17, 15) is 4.79 Å². The number of nitrogens with one attached hydrogen (secondary N) is 1. The Labute approximate surface area is 162 Å². The van der Waals surface area contributed by atoms with Crippen LogP contribution in [0.15, 0.2) is 52.0 Å². The van der Waals surface area contributed by atoms with E-state index < -0.39 is 0 Å². The van der Waals surface area contributed by atoms with Crippen LogP contribution in [0.2, 0.25) is 0 Å². The van der Waals surface area contributed by atoms with Gasteiger partial charge in [-0.1, -0.05) is 39.0 Å². The maximum atomic E-state index is 11.9. The molecule has 5 nitrogen and oxygen atoms in total. The van der Waals surface area contributed by atoms with Crippen molar-refractivity contribution < 1.29 is 14.3 Å². The highest BCUT2D eigenvalue weighted by atomic mass is 79.9. The Morgan fingerprint density at radius 3 is 2.58 bits per heavy atom. The number of methoxy groups -OCH3 is 1. The Morgan fingerprint density at radius 1 is 1.19 bits per heavy atom. The first-order valence-electron chi connectivity index (χ1n) is 8.19. The number of halogens is 1. The second-order valence-corrected chi connectivity index (χ2v) is 7.57. The van der Waals surface area contributed by atoms with E-state index in [0.717, 1.165) is 10.0 Å². The molecule has 0 aliphatic carbocycles. The van der Waals surface area contributed by atoms with Gasteiger partial charge >= 0.3 is 0 Å². The lowest BCUT2D eigenvalue weighted by Crippen LogP contribution is -2.24. The van der Waals surface area contributed by atoms with E-state index in [-0.39, 0.29) is 17.9 Å². The Balaban J connectivity index is 1.90. The molecule has 0 atom stereocenters. The predicted molar refractivity (Wildman–Crippen MR) is 107 cm³/mol. The Kier molecular flexibility index (Phi) is 6.80. The van der Waals surface area contributed by atoms with Crippen molar-refractivity contribution >= 4 is 28.1 Å². The van der Waals surface area contributed by atoms with Gasteiger partial charge in [-0.05, 0) is 51.2 Å². The van der Waals surface area contributed by atoms with Gasteiger partial charge < -0.3 is 9.47 Å². The number of hydrogen-bond donors (Lipinski definition) is 1. The number of carbonyl (C=O) groups is 1. The molecule has 6 heteroatoms. The predicted octanol–water partition coefficient (Wildman–Crippen LogP) is 4.28. The Hall–Kier alpha value is -2.34. The third kappa shape index (κ3) is 5.59. The second kappa shape index (κ2) is 8.85. The first-order valence-corrected chi connectivity index (χ1v) is 8.98. The van der Waals surface area contributed by atoms with Crippen molar-refractivity contribution in [2.75, 3.05) is 13.7 Å². The molecule has 0 aromatic heterocycles. The first-order chi connectivity index (χ1) is 12.3. The monoisotopic (exact) mass is 418 g/mol. The van der Waals surface area contributed by atoms with Gasteiger partial charge in [-0.25, -0.2) is 5.43 Å². The van der Waals surface area contributed by atoms with Gasteiger partial charge in [0.25, 0.3) is 5.91 Å². The molecular formula is C20H23BrN2O3. The van der Waals surface area contributed by atoms with Crippen molar-refractivity contribution in [3.8, 4) is 11.5 Å². The normalized spacial score (nSPS) is 11.4. The van der Waals surface area contributed by atoms with Crippen molar-refractivity contribution in [2.24, 2.45) is 5.10 Å². The molecule has 0 heterocycles. The number of nitrogens with zero attached hydrogens (tertiary/aromatic N) is 1. The van der Waals surface area contributed by atoms with E-state index in [2.05, 4.69) is 47.2 Å². The van der Waals surface area contributed by atoms with Crippen molar-refractivity contribution in [2.45, 2.75) is 26.2 Å². The highest BCUT2D eigenvalue weighted by Crippen LogP contribution is 2.31. The Morgan fingerprint density at radius 2 is 1.92 bits per heavy atom. The third-order valence-electron chi connectivity index (χ3n) is 3.69. The van der Waals surface area contributed by atoms with E-state index in [4.69, 9.17) is 9.47 Å². The zero-order valence-corrected chi connectivity index (χ0v) is 17.0. The largest absolute Gasteiger partial charge is 0.496 e. The molecular weight excluding hydrogens is 396 g/mol. The molecule has 0 unspecified atom stereocenters. The molecule has 0 bridgehead atoms. The molecule has 0 saturated carbocycles. The van der Waals surface area contributed by atoms with E-state index in [1.807, 2.05) is 42.5 Å². The summed E-state index contributed by atoms with van der Waals surface area (Å²) in [5.41, 5.74) is 4.45. The van der Waals surface area contributed by atoms with E-state index >= 15 is 0 Å². The summed E-state index contributed by atoms with van der Waals surface area (Å²) in [6, 6.07) is 13.3. The standard InChI is InChI=1S/C20H23BrN2O3/c1-20(2,3)15-9-10-18(16(21)11-15)26-13-19(24)23-22-12-14-7-5-6-8-17(14)25-4/h5-12H,13H2,1-4H3,(H,23,24)/b22-12+. The molecule has 0 aliphatic rings. The molecule has 1 N–H and O–H groups in total. The number of ether oxygens (including phenoxy) is 2. The van der Waals surface area contributed by atoms with Crippen LogP contribution < -0.4 is 14.9 Å². The summed E-state index contributed by atoms with van der Waals surface area (Å²) in [6.07, 6.45) is 1.53. The SMILES string of the molecule is COc1ccccc1/C=N/NC(=O)COc1ccc(C(C)(C)C)cc1Br. The average molecular weight is 419 g/mol. The van der Waals surface area contributed by atoms with Crippen LogP contribution in [0, 0.1) is 0 Å². The van der Waals surface area contributed by atoms with Crippen LogP contribution in [0.4, 0.5) is 0 Å². The van der Waals surface area contributed by atoms with Gasteiger partial charge in [-0.3, -0.25) is 4.79 Å². The third-order valence-corrected chi connectivity index (χ3v) is 4.31. The van der Waals surface area contributed by atoms with Crippen LogP contribution in [0.1, 0.15) is 31.9 Å². The molecule has 0 aliphatic heterocycles.